The Morgan fingerprint density at radius 1 is 1.29 bits per heavy atom. The third-order valence-corrected chi connectivity index (χ3v) is 4.59. The van der Waals surface area contributed by atoms with Gasteiger partial charge in [0.25, 0.3) is 0 Å². The van der Waals surface area contributed by atoms with E-state index < -0.39 is 22.9 Å². The fourth-order valence-corrected chi connectivity index (χ4v) is 4.00. The van der Waals surface area contributed by atoms with Crippen LogP contribution < -0.4 is 5.73 Å². The fraction of sp³-hybridized carbons (Fsp3) is 0.778. The van der Waals surface area contributed by atoms with Crippen molar-refractivity contribution in [3.05, 3.63) is 0 Å². The summed E-state index contributed by atoms with van der Waals surface area (Å²) in [6.07, 6.45) is 1.14. The third kappa shape index (κ3) is 0.507. The van der Waals surface area contributed by atoms with Crippen LogP contribution in [0.15, 0.2) is 0 Å². The largest absolute Gasteiger partial charge is 0.481 e. The number of nitrogens with two attached hydrogens (primary N) is 1. The molecule has 76 valence electrons. The molecule has 0 radical (unpaired) electrons. The normalized spacial score (nSPS) is 57.4. The molecule has 0 aromatic carbocycles. The topological polar surface area (TPSA) is 101 Å². The summed E-state index contributed by atoms with van der Waals surface area (Å²) in [4.78, 5) is 22.1. The van der Waals surface area contributed by atoms with E-state index in [0.717, 1.165) is 0 Å². The Morgan fingerprint density at radius 3 is 2.21 bits per heavy atom. The molecule has 0 saturated heterocycles. The number of hydrogen-bond acceptors (Lipinski definition) is 3. The second-order valence-corrected chi connectivity index (χ2v) is 4.80. The van der Waals surface area contributed by atoms with E-state index in [1.807, 2.05) is 0 Å². The zero-order chi connectivity index (χ0) is 10.3. The Hall–Kier alpha value is -1.10. The van der Waals surface area contributed by atoms with Crippen molar-refractivity contribution in [3.63, 3.8) is 0 Å². The van der Waals surface area contributed by atoms with E-state index in [-0.39, 0.29) is 17.8 Å². The Kier molecular flexibility index (Phi) is 1.07. The molecule has 0 unspecified atom stereocenters. The minimum atomic E-state index is -1.26. The average Bonchev–Trinajstić information content (AvgIpc) is 2.45. The van der Waals surface area contributed by atoms with Crippen molar-refractivity contribution < 1.29 is 19.8 Å². The van der Waals surface area contributed by atoms with Crippen molar-refractivity contribution >= 4 is 11.9 Å². The number of aliphatic carboxylic acids is 2. The van der Waals surface area contributed by atoms with E-state index in [4.69, 9.17) is 15.9 Å². The van der Waals surface area contributed by atoms with Crippen LogP contribution in [-0.2, 0) is 9.59 Å². The van der Waals surface area contributed by atoms with Crippen molar-refractivity contribution in [2.24, 2.45) is 28.9 Å². The molecule has 4 saturated carbocycles. The zero-order valence-corrected chi connectivity index (χ0v) is 7.43. The minimum Gasteiger partial charge on any atom is -0.481 e. The molecular weight excluding hydrogens is 186 g/mol. The van der Waals surface area contributed by atoms with Crippen LogP contribution in [0.3, 0.4) is 0 Å². The minimum absolute atomic E-state index is 0.0195. The van der Waals surface area contributed by atoms with E-state index in [9.17, 15) is 9.59 Å². The molecule has 4 rings (SSSR count). The second-order valence-electron chi connectivity index (χ2n) is 4.80. The maximum atomic E-state index is 11.1. The van der Waals surface area contributed by atoms with Gasteiger partial charge in [-0.3, -0.25) is 9.59 Å². The molecule has 4 fully saturated rings. The van der Waals surface area contributed by atoms with Crippen molar-refractivity contribution in [1.29, 1.82) is 0 Å². The quantitative estimate of drug-likeness (QED) is 0.554. The van der Waals surface area contributed by atoms with Crippen molar-refractivity contribution in [3.8, 4) is 0 Å². The molecule has 4 bridgehead atoms. The van der Waals surface area contributed by atoms with Crippen molar-refractivity contribution in [1.82, 2.24) is 0 Å². The lowest BCUT2D eigenvalue weighted by atomic mass is 9.90. The third-order valence-electron chi connectivity index (χ3n) is 4.59. The summed E-state index contributed by atoms with van der Waals surface area (Å²) in [5, 5.41) is 18.1. The summed E-state index contributed by atoms with van der Waals surface area (Å²) in [5.74, 6) is -2.33. The molecule has 0 amide bonds. The molecule has 0 spiro atoms. The van der Waals surface area contributed by atoms with Gasteiger partial charge in [-0.15, -0.1) is 0 Å². The van der Waals surface area contributed by atoms with Gasteiger partial charge < -0.3 is 15.9 Å². The number of hydrogen-bond donors (Lipinski definition) is 3. The van der Waals surface area contributed by atoms with Crippen LogP contribution >= 0.6 is 0 Å². The molecule has 0 heterocycles. The van der Waals surface area contributed by atoms with Gasteiger partial charge in [0.15, 0.2) is 0 Å². The molecule has 4 aliphatic rings. The lowest BCUT2D eigenvalue weighted by Gasteiger charge is -2.22. The Bertz CT molecular complexity index is 368. The van der Waals surface area contributed by atoms with Crippen LogP contribution in [0.4, 0.5) is 0 Å². The summed E-state index contributed by atoms with van der Waals surface area (Å²) >= 11 is 0. The summed E-state index contributed by atoms with van der Waals surface area (Å²) in [6.45, 7) is 0. The second kappa shape index (κ2) is 1.82. The van der Waals surface area contributed by atoms with E-state index >= 15 is 0 Å². The molecular formula is C9H11NO4. The molecule has 5 heteroatoms. The maximum absolute atomic E-state index is 11.1. The summed E-state index contributed by atoms with van der Waals surface area (Å²) < 4.78 is 0. The van der Waals surface area contributed by atoms with Gasteiger partial charge in [-0.05, 0) is 24.7 Å². The SMILES string of the molecule is N[C@]1(C(=O)O)[C@H]2C[C@@H]3[C@@H]1[C@@]3(C(=O)O)C2. The Balaban J connectivity index is 2.06. The first-order valence-electron chi connectivity index (χ1n) is 4.71. The Labute approximate surface area is 79.9 Å². The van der Waals surface area contributed by atoms with Gasteiger partial charge in [0, 0.05) is 5.92 Å². The number of carboxylic acid groups (broad SMARTS) is 2. The van der Waals surface area contributed by atoms with Crippen molar-refractivity contribution in [2.75, 3.05) is 0 Å². The highest BCUT2D eigenvalue weighted by Gasteiger charge is 2.88. The predicted molar refractivity (Wildman–Crippen MR) is 44.3 cm³/mol. The van der Waals surface area contributed by atoms with Crippen molar-refractivity contribution in [2.45, 2.75) is 18.4 Å². The van der Waals surface area contributed by atoms with Crippen LogP contribution in [-0.4, -0.2) is 27.7 Å². The molecule has 14 heavy (non-hydrogen) atoms. The van der Waals surface area contributed by atoms with Gasteiger partial charge in [0.2, 0.25) is 0 Å². The van der Waals surface area contributed by atoms with Crippen LogP contribution in [0.5, 0.6) is 0 Å². The first-order valence-corrected chi connectivity index (χ1v) is 4.71. The molecule has 0 aliphatic heterocycles. The smallest absolute Gasteiger partial charge is 0.324 e. The fourth-order valence-electron chi connectivity index (χ4n) is 4.00. The van der Waals surface area contributed by atoms with Gasteiger partial charge >= 0.3 is 11.9 Å². The molecule has 0 aromatic heterocycles. The first-order chi connectivity index (χ1) is 6.45. The number of rotatable bonds is 2. The van der Waals surface area contributed by atoms with Crippen LogP contribution in [0.2, 0.25) is 0 Å². The van der Waals surface area contributed by atoms with E-state index in [2.05, 4.69) is 0 Å². The van der Waals surface area contributed by atoms with E-state index in [1.165, 1.54) is 0 Å². The van der Waals surface area contributed by atoms with Gasteiger partial charge in [-0.25, -0.2) is 0 Å². The molecule has 4 N–H and O–H groups in total. The molecule has 4 aliphatic carbocycles. The number of carbonyl (C=O) groups is 2. The summed E-state index contributed by atoms with van der Waals surface area (Å²) in [6, 6.07) is 0. The highest BCUT2D eigenvalue weighted by atomic mass is 16.4. The summed E-state index contributed by atoms with van der Waals surface area (Å²) in [5.41, 5.74) is 3.79. The lowest BCUT2D eigenvalue weighted by Crippen LogP contribution is -2.51. The van der Waals surface area contributed by atoms with E-state index in [0.29, 0.717) is 12.8 Å². The maximum Gasteiger partial charge on any atom is 0.324 e. The highest BCUT2D eigenvalue weighted by molar-refractivity contribution is 5.90. The number of carboxylic acids is 2. The zero-order valence-electron chi connectivity index (χ0n) is 7.43. The first kappa shape index (κ1) is 8.23. The highest BCUT2D eigenvalue weighted by Crippen LogP contribution is 2.81. The van der Waals surface area contributed by atoms with Crippen LogP contribution in [0.25, 0.3) is 0 Å². The van der Waals surface area contributed by atoms with Gasteiger partial charge in [-0.2, -0.15) is 0 Å². The Morgan fingerprint density at radius 2 is 1.93 bits per heavy atom. The van der Waals surface area contributed by atoms with Crippen LogP contribution in [0, 0.1) is 23.2 Å². The monoisotopic (exact) mass is 197 g/mol. The summed E-state index contributed by atoms with van der Waals surface area (Å²) in [7, 11) is 0. The van der Waals surface area contributed by atoms with Gasteiger partial charge in [0.1, 0.15) is 5.54 Å². The van der Waals surface area contributed by atoms with Crippen LogP contribution in [0.1, 0.15) is 12.8 Å². The molecule has 5 nitrogen and oxygen atoms in total. The molecule has 5 atom stereocenters. The van der Waals surface area contributed by atoms with Gasteiger partial charge in [0.05, 0.1) is 5.41 Å². The predicted octanol–water partition coefficient (Wildman–Crippen LogP) is -0.491. The molecule has 0 aromatic rings. The standard InChI is InChI=1S/C9H11NO4/c10-9(7(13)14)3-1-4-5(9)8(4,2-3)6(11)12/h3-5H,1-2,10H2,(H,11,12)(H,13,14)/t3-,4+,5+,8+,9+/m0/s1. The van der Waals surface area contributed by atoms with Gasteiger partial charge in [-0.1, -0.05) is 0 Å². The average molecular weight is 197 g/mol. The lowest BCUT2D eigenvalue weighted by molar-refractivity contribution is -0.145. The van der Waals surface area contributed by atoms with E-state index in [1.54, 1.807) is 0 Å².